The van der Waals surface area contributed by atoms with E-state index in [9.17, 15) is 14.7 Å². The summed E-state index contributed by atoms with van der Waals surface area (Å²) in [5, 5.41) is 13.0. The van der Waals surface area contributed by atoms with Crippen LogP contribution in [0.1, 0.15) is 33.3 Å². The van der Waals surface area contributed by atoms with E-state index in [0.29, 0.717) is 30.1 Å². The molecule has 1 amide bonds. The molecule has 2 N–H and O–H groups in total. The molecule has 156 valence electrons. The van der Waals surface area contributed by atoms with Gasteiger partial charge in [-0.3, -0.25) is 9.59 Å². The average Bonchev–Trinajstić information content (AvgIpc) is 2.77. The number of aromatic nitrogens is 2. The van der Waals surface area contributed by atoms with Gasteiger partial charge in [0.2, 0.25) is 5.88 Å². The summed E-state index contributed by atoms with van der Waals surface area (Å²) in [5.74, 6) is -0.147. The summed E-state index contributed by atoms with van der Waals surface area (Å²) in [7, 11) is 1.49. The number of nitrogens with one attached hydrogen (secondary N) is 1. The Morgan fingerprint density at radius 3 is 2.67 bits per heavy atom. The summed E-state index contributed by atoms with van der Waals surface area (Å²) in [6.45, 7) is 2.12. The van der Waals surface area contributed by atoms with Crippen LogP contribution >= 0.6 is 0 Å². The number of nitrogens with zero attached hydrogens (tertiary/aromatic N) is 2. The van der Waals surface area contributed by atoms with E-state index in [1.54, 1.807) is 37.4 Å². The van der Waals surface area contributed by atoms with Gasteiger partial charge in [-0.1, -0.05) is 36.4 Å². The van der Waals surface area contributed by atoms with Crippen molar-refractivity contribution in [3.8, 4) is 5.88 Å². The van der Waals surface area contributed by atoms with E-state index in [1.807, 2.05) is 30.3 Å². The molecular formula is C23H25N3O4. The van der Waals surface area contributed by atoms with Gasteiger partial charge in [-0.25, -0.2) is 4.98 Å². The molecule has 7 nitrogen and oxygen atoms in total. The molecule has 0 fully saturated rings. The van der Waals surface area contributed by atoms with E-state index in [-0.39, 0.29) is 17.7 Å². The highest BCUT2D eigenvalue weighted by Gasteiger charge is 2.18. The third kappa shape index (κ3) is 5.12. The van der Waals surface area contributed by atoms with Gasteiger partial charge in [0.25, 0.3) is 11.5 Å². The number of benzene rings is 1. The molecule has 1 aromatic carbocycles. The minimum absolute atomic E-state index is 0.0726. The molecule has 3 aromatic rings. The van der Waals surface area contributed by atoms with Crippen LogP contribution in [0.5, 0.6) is 5.88 Å². The number of aryl methyl sites for hydroxylation is 3. The van der Waals surface area contributed by atoms with E-state index in [2.05, 4.69) is 10.3 Å². The van der Waals surface area contributed by atoms with Crippen LogP contribution in [0.2, 0.25) is 0 Å². The third-order valence-electron chi connectivity index (χ3n) is 4.84. The van der Waals surface area contributed by atoms with Crippen molar-refractivity contribution in [1.29, 1.82) is 0 Å². The fourth-order valence-electron chi connectivity index (χ4n) is 3.12. The molecule has 0 bridgehead atoms. The topological polar surface area (TPSA) is 93.5 Å². The first-order valence-electron chi connectivity index (χ1n) is 9.70. The molecule has 0 saturated heterocycles. The zero-order valence-electron chi connectivity index (χ0n) is 17.0. The first-order chi connectivity index (χ1) is 14.5. The molecule has 2 aromatic heterocycles. The second-order valence-corrected chi connectivity index (χ2v) is 6.94. The van der Waals surface area contributed by atoms with Crippen molar-refractivity contribution >= 4 is 5.91 Å². The van der Waals surface area contributed by atoms with Crippen LogP contribution in [0, 0.1) is 6.92 Å². The van der Waals surface area contributed by atoms with Gasteiger partial charge in [-0.05, 0) is 36.6 Å². The van der Waals surface area contributed by atoms with E-state index in [0.717, 1.165) is 5.56 Å². The monoisotopic (exact) mass is 407 g/mol. The molecule has 0 aliphatic rings. The van der Waals surface area contributed by atoms with Crippen LogP contribution < -0.4 is 15.6 Å². The number of carbonyl (C=O) groups excluding carboxylic acids is 1. The Morgan fingerprint density at radius 2 is 1.93 bits per heavy atom. The average molecular weight is 407 g/mol. The first kappa shape index (κ1) is 21.3. The van der Waals surface area contributed by atoms with Crippen molar-refractivity contribution in [3.05, 3.63) is 93.5 Å². The Bertz CT molecular complexity index is 1060. The molecule has 0 radical (unpaired) electrons. The van der Waals surface area contributed by atoms with Gasteiger partial charge in [0.1, 0.15) is 11.7 Å². The second-order valence-electron chi connectivity index (χ2n) is 6.94. The van der Waals surface area contributed by atoms with Gasteiger partial charge in [0, 0.05) is 25.4 Å². The standard InChI is InChI=1S/C23H25N3O4/c1-16-11-13-26(14-12-17-7-4-3-5-8-17)23(29)21(16)22(28)24-15-19(27)18-9-6-10-20(25-18)30-2/h3-11,13,19,27H,12,14-15H2,1-2H3,(H,24,28). The predicted molar refractivity (Wildman–Crippen MR) is 114 cm³/mol. The minimum Gasteiger partial charge on any atom is -0.481 e. The fraction of sp³-hybridized carbons (Fsp3) is 0.261. The van der Waals surface area contributed by atoms with Gasteiger partial charge < -0.3 is 19.7 Å². The second kappa shape index (κ2) is 9.84. The zero-order valence-corrected chi connectivity index (χ0v) is 17.0. The SMILES string of the molecule is COc1cccc(C(O)CNC(=O)c2c(C)ccn(CCc3ccccc3)c2=O)n1. The smallest absolute Gasteiger partial charge is 0.263 e. The lowest BCUT2D eigenvalue weighted by molar-refractivity contribution is 0.0911. The largest absolute Gasteiger partial charge is 0.481 e. The fourth-order valence-corrected chi connectivity index (χ4v) is 3.12. The molecule has 0 aliphatic carbocycles. The number of aliphatic hydroxyl groups excluding tert-OH is 1. The van der Waals surface area contributed by atoms with Crippen LogP contribution in [-0.2, 0) is 13.0 Å². The number of hydrogen-bond donors (Lipinski definition) is 2. The summed E-state index contributed by atoms with van der Waals surface area (Å²) in [4.78, 5) is 29.7. The lowest BCUT2D eigenvalue weighted by Gasteiger charge is -2.14. The van der Waals surface area contributed by atoms with Crippen LogP contribution in [-0.4, -0.2) is 34.2 Å². The minimum atomic E-state index is -1.02. The Hall–Kier alpha value is -3.45. The summed E-state index contributed by atoms with van der Waals surface area (Å²) in [6.07, 6.45) is 1.37. The highest BCUT2D eigenvalue weighted by atomic mass is 16.5. The maximum atomic E-state index is 12.9. The van der Waals surface area contributed by atoms with Crippen molar-refractivity contribution in [2.45, 2.75) is 26.0 Å². The van der Waals surface area contributed by atoms with Gasteiger partial charge in [0.05, 0.1) is 12.8 Å². The molecule has 0 saturated carbocycles. The number of pyridine rings is 2. The molecule has 3 rings (SSSR count). The number of rotatable bonds is 8. The van der Waals surface area contributed by atoms with Crippen LogP contribution in [0.25, 0.3) is 0 Å². The van der Waals surface area contributed by atoms with Crippen molar-refractivity contribution in [3.63, 3.8) is 0 Å². The molecule has 1 atom stereocenters. The van der Waals surface area contributed by atoms with E-state index >= 15 is 0 Å². The van der Waals surface area contributed by atoms with E-state index in [1.165, 1.54) is 11.7 Å². The number of hydrogen-bond acceptors (Lipinski definition) is 5. The normalized spacial score (nSPS) is 11.7. The van der Waals surface area contributed by atoms with E-state index in [4.69, 9.17) is 4.74 Å². The Kier molecular flexibility index (Phi) is 6.98. The number of carbonyl (C=O) groups is 1. The van der Waals surface area contributed by atoms with Gasteiger partial charge in [-0.2, -0.15) is 0 Å². The van der Waals surface area contributed by atoms with Crippen LogP contribution in [0.4, 0.5) is 0 Å². The van der Waals surface area contributed by atoms with Crippen molar-refractivity contribution in [1.82, 2.24) is 14.9 Å². The van der Waals surface area contributed by atoms with Gasteiger partial charge in [-0.15, -0.1) is 0 Å². The Morgan fingerprint density at radius 1 is 1.17 bits per heavy atom. The lowest BCUT2D eigenvalue weighted by Crippen LogP contribution is -2.36. The van der Waals surface area contributed by atoms with E-state index < -0.39 is 12.0 Å². The van der Waals surface area contributed by atoms with Crippen LogP contribution in [0.15, 0.2) is 65.6 Å². The molecule has 0 spiro atoms. The lowest BCUT2D eigenvalue weighted by atomic mass is 10.1. The summed E-state index contributed by atoms with van der Waals surface area (Å²) >= 11 is 0. The number of amides is 1. The van der Waals surface area contributed by atoms with Gasteiger partial charge >= 0.3 is 0 Å². The van der Waals surface area contributed by atoms with Crippen molar-refractivity contribution in [2.24, 2.45) is 0 Å². The van der Waals surface area contributed by atoms with Crippen LogP contribution in [0.3, 0.4) is 0 Å². The highest BCUT2D eigenvalue weighted by Crippen LogP contribution is 2.14. The maximum absolute atomic E-state index is 12.9. The molecule has 2 heterocycles. The molecule has 30 heavy (non-hydrogen) atoms. The number of ether oxygens (including phenoxy) is 1. The number of aliphatic hydroxyl groups is 1. The molecule has 7 heteroatoms. The van der Waals surface area contributed by atoms with Crippen molar-refractivity contribution < 1.29 is 14.6 Å². The summed E-state index contributed by atoms with van der Waals surface area (Å²) in [6, 6.07) is 16.6. The molecule has 1 unspecified atom stereocenters. The highest BCUT2D eigenvalue weighted by molar-refractivity contribution is 5.95. The quantitative estimate of drug-likeness (QED) is 0.598. The third-order valence-corrected chi connectivity index (χ3v) is 4.84. The Balaban J connectivity index is 1.69. The van der Waals surface area contributed by atoms with Crippen molar-refractivity contribution in [2.75, 3.05) is 13.7 Å². The Labute approximate surface area is 175 Å². The maximum Gasteiger partial charge on any atom is 0.263 e. The predicted octanol–water partition coefficient (Wildman–Crippen LogP) is 2.27. The summed E-state index contributed by atoms with van der Waals surface area (Å²) < 4.78 is 6.58. The molecular weight excluding hydrogens is 382 g/mol. The number of methoxy groups -OCH3 is 1. The molecule has 0 aliphatic heterocycles. The zero-order chi connectivity index (χ0) is 21.5. The first-order valence-corrected chi connectivity index (χ1v) is 9.70. The summed E-state index contributed by atoms with van der Waals surface area (Å²) in [5.41, 5.74) is 1.81. The van der Waals surface area contributed by atoms with Gasteiger partial charge in [0.15, 0.2) is 0 Å².